The van der Waals surface area contributed by atoms with Gasteiger partial charge in [-0.3, -0.25) is 4.79 Å². The third-order valence-corrected chi connectivity index (χ3v) is 18.1. The summed E-state index contributed by atoms with van der Waals surface area (Å²) in [7, 11) is 9.84. The lowest BCUT2D eigenvalue weighted by molar-refractivity contribution is 0.102. The van der Waals surface area contributed by atoms with Gasteiger partial charge < -0.3 is 43.7 Å². The van der Waals surface area contributed by atoms with Crippen LogP contribution in [0.15, 0.2) is 240 Å². The highest BCUT2D eigenvalue weighted by Crippen LogP contribution is 2.44. The molecule has 1 aliphatic carbocycles. The second kappa shape index (κ2) is 31.7. The van der Waals surface area contributed by atoms with Crippen molar-refractivity contribution >= 4 is 64.0 Å². The highest BCUT2D eigenvalue weighted by Gasteiger charge is 2.27. The Morgan fingerprint density at radius 2 is 0.800 bits per heavy atom. The fourth-order valence-electron chi connectivity index (χ4n) is 12.7. The molecule has 12 nitrogen and oxygen atoms in total. The summed E-state index contributed by atoms with van der Waals surface area (Å²) in [5, 5.41) is 3.13. The summed E-state index contributed by atoms with van der Waals surface area (Å²) >= 11 is 0. The summed E-state index contributed by atoms with van der Waals surface area (Å²) in [4.78, 5) is 32.6. The van der Waals surface area contributed by atoms with Crippen molar-refractivity contribution < 1.29 is 33.2 Å². The smallest absolute Gasteiger partial charge is 0.255 e. The number of amides is 1. The van der Waals surface area contributed by atoms with Gasteiger partial charge in [0, 0.05) is 73.8 Å². The Labute approximate surface area is 587 Å². The second-order valence-electron chi connectivity index (χ2n) is 25.8. The Kier molecular flexibility index (Phi) is 22.1. The Balaban J connectivity index is 0.868. The van der Waals surface area contributed by atoms with Crippen molar-refractivity contribution in [3.63, 3.8) is 0 Å². The van der Waals surface area contributed by atoms with Gasteiger partial charge in [-0.2, -0.15) is 0 Å². The molecule has 11 rings (SSSR count). The summed E-state index contributed by atoms with van der Waals surface area (Å²) in [6, 6.07) is 41.1. The molecule has 0 fully saturated rings. The van der Waals surface area contributed by atoms with Crippen molar-refractivity contribution in [2.75, 3.05) is 48.0 Å². The minimum Gasteiger partial charge on any atom is -0.497 e. The van der Waals surface area contributed by atoms with E-state index in [9.17, 15) is 4.79 Å². The van der Waals surface area contributed by atoms with Gasteiger partial charge >= 0.3 is 0 Å². The highest BCUT2D eigenvalue weighted by atomic mass is 16.5. The lowest BCUT2D eigenvalue weighted by Gasteiger charge is -2.32. The number of nitrogens with zero attached hydrogens (tertiary/aromatic N) is 2. The van der Waals surface area contributed by atoms with E-state index in [2.05, 4.69) is 167 Å². The van der Waals surface area contributed by atoms with E-state index in [0.717, 1.165) is 83.3 Å². The van der Waals surface area contributed by atoms with Gasteiger partial charge in [0.1, 0.15) is 34.5 Å². The first-order valence-electron chi connectivity index (χ1n) is 33.6. The number of carbonyl (C=O) groups is 1. The molecule has 0 unspecified atom stereocenters. The fourth-order valence-corrected chi connectivity index (χ4v) is 12.7. The Morgan fingerprint density at radius 1 is 0.440 bits per heavy atom. The van der Waals surface area contributed by atoms with Gasteiger partial charge in [-0.25, -0.2) is 9.97 Å². The molecular formula is C88H87N5O7. The fraction of sp³-hybridized carbons (Fsp3) is 0.193. The number of ether oxygens (including phenoxy) is 6. The molecule has 3 aromatic heterocycles. The van der Waals surface area contributed by atoms with E-state index < -0.39 is 0 Å². The molecule has 0 saturated heterocycles. The first kappa shape index (κ1) is 69.7. The van der Waals surface area contributed by atoms with Crippen LogP contribution >= 0.6 is 0 Å². The van der Waals surface area contributed by atoms with E-state index in [0.29, 0.717) is 68.5 Å². The number of hydrogen-bond acceptors (Lipinski definition) is 9. The highest BCUT2D eigenvalue weighted by molar-refractivity contribution is 6.05. The van der Waals surface area contributed by atoms with Crippen molar-refractivity contribution in [1.82, 2.24) is 19.9 Å². The summed E-state index contributed by atoms with van der Waals surface area (Å²) in [5.41, 5.74) is 22.4. The second-order valence-corrected chi connectivity index (χ2v) is 25.8. The van der Waals surface area contributed by atoms with Crippen LogP contribution in [0.5, 0.6) is 34.5 Å². The summed E-state index contributed by atoms with van der Waals surface area (Å²) in [6.07, 6.45) is 41.6. The van der Waals surface area contributed by atoms with Crippen LogP contribution in [0.3, 0.4) is 0 Å². The summed E-state index contributed by atoms with van der Waals surface area (Å²) < 4.78 is 35.1. The normalized spacial score (nSPS) is 14.4. The molecular weight excluding hydrogens is 1240 g/mol. The average Bonchev–Trinajstić information content (AvgIpc) is 1.60. The Morgan fingerprint density at radius 3 is 1.18 bits per heavy atom. The number of fused-ring (bicyclic) bond motifs is 8. The molecule has 8 aromatic rings. The van der Waals surface area contributed by atoms with Crippen LogP contribution in [0, 0.1) is 5.41 Å². The monoisotopic (exact) mass is 1330 g/mol. The minimum atomic E-state index is -0.229. The van der Waals surface area contributed by atoms with Gasteiger partial charge in [0.05, 0.1) is 65.4 Å². The number of anilines is 1. The van der Waals surface area contributed by atoms with Gasteiger partial charge in [0.25, 0.3) is 5.91 Å². The average molecular weight is 1330 g/mol. The third-order valence-electron chi connectivity index (χ3n) is 18.1. The van der Waals surface area contributed by atoms with Crippen LogP contribution in [0.1, 0.15) is 106 Å². The van der Waals surface area contributed by atoms with Crippen LogP contribution in [-0.2, 0) is 0 Å². The zero-order chi connectivity index (χ0) is 70.5. The zero-order valence-electron chi connectivity index (χ0n) is 59.4. The Bertz CT molecular complexity index is 4870. The number of nitrogens with one attached hydrogen (secondary N) is 3. The lowest BCUT2D eigenvalue weighted by atomic mass is 9.72. The van der Waals surface area contributed by atoms with Crippen molar-refractivity contribution in [3.05, 3.63) is 274 Å². The van der Waals surface area contributed by atoms with Gasteiger partial charge in [-0.05, 0) is 202 Å². The molecule has 2 aliphatic heterocycles. The van der Waals surface area contributed by atoms with Crippen LogP contribution in [0.25, 0.3) is 97.0 Å². The van der Waals surface area contributed by atoms with E-state index in [1.165, 1.54) is 41.6 Å². The van der Waals surface area contributed by atoms with E-state index in [-0.39, 0.29) is 11.3 Å². The molecule has 506 valence electrons. The molecule has 0 spiro atoms. The molecule has 0 atom stereocenters. The van der Waals surface area contributed by atoms with Crippen LogP contribution in [-0.4, -0.2) is 68.5 Å². The zero-order valence-corrected chi connectivity index (χ0v) is 59.4. The van der Waals surface area contributed by atoms with Crippen molar-refractivity contribution in [1.29, 1.82) is 0 Å². The van der Waals surface area contributed by atoms with E-state index in [1.54, 1.807) is 42.7 Å². The first-order valence-corrected chi connectivity index (χ1v) is 33.6. The number of aromatic amines is 2. The number of aromatic nitrogens is 4. The molecule has 5 aromatic carbocycles. The molecule has 100 heavy (non-hydrogen) atoms. The number of H-pyrrole nitrogens is 2. The van der Waals surface area contributed by atoms with Gasteiger partial charge in [-0.1, -0.05) is 151 Å². The summed E-state index contributed by atoms with van der Waals surface area (Å²) in [6.45, 7) is 15.4. The lowest BCUT2D eigenvalue weighted by Crippen LogP contribution is -2.19. The van der Waals surface area contributed by atoms with E-state index >= 15 is 0 Å². The molecule has 5 heterocycles. The predicted octanol–water partition coefficient (Wildman–Crippen LogP) is 22.2. The van der Waals surface area contributed by atoms with Crippen molar-refractivity contribution in [2.45, 2.75) is 67.7 Å². The topological polar surface area (TPSA) is 142 Å². The number of hydrogen-bond donors (Lipinski definition) is 3. The predicted molar refractivity (Wildman–Crippen MR) is 415 cm³/mol. The molecule has 3 N–H and O–H groups in total. The van der Waals surface area contributed by atoms with Crippen molar-refractivity contribution in [3.8, 4) is 79.0 Å². The SMILES string of the molecule is COc1cc(OC)cc(-c2c3nc(c(-c4cc(OC)cc(OC)c4)c4ccc([nH]4)c(-c4cc(OC)cc(OC)c4)c4nc(c(-c5ccc(NC(=O)c6ccc(/C=C/C(C)=C/C=C/C(C)=C/C=C/C=C(C)/C=C/C=C(C)/C=C/C7=C(C)CCCC7(C)C)cc6)cc5)c5ccc2[nH]5)C=C4)C=C3)c1. The number of methoxy groups -OCH3 is 6. The first-order chi connectivity index (χ1) is 48.4. The minimum absolute atomic E-state index is 0.229. The Hall–Kier alpha value is -11.6. The van der Waals surface area contributed by atoms with E-state index in [4.69, 9.17) is 38.4 Å². The standard InChI is InChI=1S/C88H87N5O7/c1-56(19-14-15-20-57(2)22-17-24-59(4)27-37-74-60(5)25-18-46-88(74,6)7)21-16-23-58(3)26-28-61-29-31-63(32-30-61)87(94)89-67-35-33-62(34-36-67)83-75-38-40-77(90-75)84(64-47-68(95-8)53-69(48-64)96-9)79-42-44-81(92-79)86(66-51-72(99-12)55-73(52-66)100-13)82-45-43-80(93-82)85(78-41-39-76(83)91-78)65-49-70(97-10)54-71(50-65)98-11/h14-17,19-24,26-45,47-55,90,93H,18,25,46H2,1-13H3,(H,89,94)/b15-14+,21-16+,22-17+,28-26+,37-27+,56-19+,57-20+,58-23+,59-24+,83-75?,83-76?,84-77?,84-79?,85-78?,85-80?,86-81?,86-82?. The van der Waals surface area contributed by atoms with Crippen LogP contribution in [0.2, 0.25) is 0 Å². The molecule has 0 saturated carbocycles. The molecule has 0 radical (unpaired) electrons. The van der Waals surface area contributed by atoms with Gasteiger partial charge in [0.2, 0.25) is 0 Å². The molecule has 12 heteroatoms. The maximum absolute atomic E-state index is 13.9. The number of carbonyl (C=O) groups excluding carboxylic acids is 1. The largest absolute Gasteiger partial charge is 0.497 e. The van der Waals surface area contributed by atoms with Crippen LogP contribution in [0.4, 0.5) is 5.69 Å². The number of rotatable bonds is 22. The summed E-state index contributed by atoms with van der Waals surface area (Å²) in [5.74, 6) is 3.47. The third kappa shape index (κ3) is 16.7. The number of benzene rings is 5. The maximum Gasteiger partial charge on any atom is 0.255 e. The van der Waals surface area contributed by atoms with Crippen molar-refractivity contribution in [2.24, 2.45) is 5.41 Å². The molecule has 3 aliphatic rings. The molecule has 1 amide bonds. The van der Waals surface area contributed by atoms with E-state index in [1.807, 2.05) is 134 Å². The van der Waals surface area contributed by atoms with Gasteiger partial charge in [-0.15, -0.1) is 0 Å². The van der Waals surface area contributed by atoms with Gasteiger partial charge in [0.15, 0.2) is 0 Å². The quantitative estimate of drug-likeness (QED) is 0.0566. The maximum atomic E-state index is 13.9. The molecule has 8 bridgehead atoms. The number of allylic oxidation sites excluding steroid dienone is 19. The van der Waals surface area contributed by atoms with Crippen LogP contribution < -0.4 is 33.7 Å².